The Kier molecular flexibility index (Phi) is 10.5. The summed E-state index contributed by atoms with van der Waals surface area (Å²) in [6, 6.07) is 12.8. The number of alkyl halides is 3. The van der Waals surface area contributed by atoms with Crippen molar-refractivity contribution >= 4 is 23.4 Å². The lowest BCUT2D eigenvalue weighted by atomic mass is 10.1. The van der Waals surface area contributed by atoms with Gasteiger partial charge in [-0.25, -0.2) is 0 Å². The minimum absolute atomic E-state index is 0.0141. The van der Waals surface area contributed by atoms with Crippen LogP contribution in [0.3, 0.4) is 0 Å². The number of thiocarbonyl (C=S) groups is 1. The van der Waals surface area contributed by atoms with Crippen LogP contribution in [0.5, 0.6) is 5.75 Å². The Labute approximate surface area is 190 Å². The number of ether oxygens (including phenoxy) is 2. The zero-order valence-corrected chi connectivity index (χ0v) is 18.2. The van der Waals surface area contributed by atoms with Gasteiger partial charge in [0.2, 0.25) is 0 Å². The lowest BCUT2D eigenvalue weighted by molar-refractivity contribution is -0.139. The third kappa shape index (κ3) is 8.91. The van der Waals surface area contributed by atoms with Gasteiger partial charge in [0.05, 0.1) is 24.8 Å². The summed E-state index contributed by atoms with van der Waals surface area (Å²) in [4.78, 5) is -0.0230. The zero-order valence-electron chi connectivity index (χ0n) is 17.3. The van der Waals surface area contributed by atoms with Gasteiger partial charge in [0.15, 0.2) is 0 Å². The predicted molar refractivity (Wildman–Crippen MR) is 121 cm³/mol. The number of nitrogens with two attached hydrogens (primary N) is 1. The average Bonchev–Trinajstić information content (AvgIpc) is 2.78. The lowest BCUT2D eigenvalue weighted by Crippen LogP contribution is -2.28. The van der Waals surface area contributed by atoms with Crippen LogP contribution in [0.2, 0.25) is 0 Å². The monoisotopic (exact) mass is 469 g/mol. The number of aliphatic hydroxyl groups is 1. The van der Waals surface area contributed by atoms with Gasteiger partial charge in [-0.05, 0) is 36.6 Å². The third-order valence-electron chi connectivity index (χ3n) is 4.27. The molecule has 0 amide bonds. The molecule has 0 aliphatic carbocycles. The number of nitrogens with one attached hydrogen (secondary N) is 1. The first-order chi connectivity index (χ1) is 15.3. The second-order valence-corrected chi connectivity index (χ2v) is 7.23. The van der Waals surface area contributed by atoms with E-state index < -0.39 is 17.8 Å². The van der Waals surface area contributed by atoms with Gasteiger partial charge in [-0.1, -0.05) is 42.5 Å². The highest BCUT2D eigenvalue weighted by atomic mass is 32.1. The Balaban J connectivity index is 1.85. The standard InChI is InChI=1S/C22H26F3N3O3S/c23-22(24,25)19-13-17(21(32)28-27-14-18(26)15-29)8-9-20(19)31-12-11-30-10-4-7-16-5-2-1-3-6-16/h1-3,5-6,8-9,13-14,18,29H,4,7,10-12,15,26H2,(H,28,32)/b27-14+. The number of hydrogen-bond donors (Lipinski definition) is 3. The fourth-order valence-corrected chi connectivity index (χ4v) is 2.84. The molecule has 0 aliphatic heterocycles. The van der Waals surface area contributed by atoms with Crippen LogP contribution in [0.4, 0.5) is 13.2 Å². The predicted octanol–water partition coefficient (Wildman–Crippen LogP) is 3.30. The van der Waals surface area contributed by atoms with Crippen LogP contribution in [-0.2, 0) is 17.3 Å². The van der Waals surface area contributed by atoms with Crippen molar-refractivity contribution in [2.75, 3.05) is 26.4 Å². The van der Waals surface area contributed by atoms with E-state index in [1.165, 1.54) is 23.9 Å². The van der Waals surface area contributed by atoms with Crippen LogP contribution >= 0.6 is 12.2 Å². The second-order valence-electron chi connectivity index (χ2n) is 6.82. The first-order valence-electron chi connectivity index (χ1n) is 9.97. The highest BCUT2D eigenvalue weighted by Crippen LogP contribution is 2.37. The number of benzene rings is 2. The minimum atomic E-state index is -4.62. The van der Waals surface area contributed by atoms with Gasteiger partial charge in [0.25, 0.3) is 0 Å². The maximum absolute atomic E-state index is 13.5. The number of rotatable bonds is 12. The number of hydrazone groups is 1. The molecule has 0 aliphatic rings. The molecule has 10 heteroatoms. The van der Waals surface area contributed by atoms with Crippen LogP contribution in [0.15, 0.2) is 53.6 Å². The molecule has 1 atom stereocenters. The summed E-state index contributed by atoms with van der Waals surface area (Å²) < 4.78 is 51.2. The second kappa shape index (κ2) is 13.1. The molecule has 2 aromatic rings. The largest absolute Gasteiger partial charge is 0.491 e. The Morgan fingerprint density at radius 1 is 1.16 bits per heavy atom. The molecule has 0 spiro atoms. The van der Waals surface area contributed by atoms with Crippen LogP contribution < -0.4 is 15.9 Å². The Morgan fingerprint density at radius 2 is 1.91 bits per heavy atom. The minimum Gasteiger partial charge on any atom is -0.491 e. The molecule has 1 unspecified atom stereocenters. The van der Waals surface area contributed by atoms with E-state index in [0.717, 1.165) is 18.9 Å². The van der Waals surface area contributed by atoms with E-state index in [1.807, 2.05) is 30.3 Å². The lowest BCUT2D eigenvalue weighted by Gasteiger charge is -2.16. The molecule has 0 radical (unpaired) electrons. The highest BCUT2D eigenvalue weighted by Gasteiger charge is 2.35. The molecule has 0 bridgehead atoms. The summed E-state index contributed by atoms with van der Waals surface area (Å²) in [5, 5.41) is 12.5. The van der Waals surface area contributed by atoms with Crippen molar-refractivity contribution in [1.29, 1.82) is 0 Å². The van der Waals surface area contributed by atoms with Gasteiger partial charge in [0.1, 0.15) is 17.3 Å². The van der Waals surface area contributed by atoms with Crippen molar-refractivity contribution in [2.45, 2.75) is 25.1 Å². The van der Waals surface area contributed by atoms with E-state index in [-0.39, 0.29) is 36.1 Å². The zero-order chi connectivity index (χ0) is 23.4. The smallest absolute Gasteiger partial charge is 0.419 e. The number of nitrogens with zero attached hydrogens (tertiary/aromatic N) is 1. The molecular formula is C22H26F3N3O3S. The van der Waals surface area contributed by atoms with Crippen molar-refractivity contribution < 1.29 is 27.8 Å². The SMILES string of the molecule is NC(/C=N/NC(=S)c1ccc(OCCOCCCc2ccccc2)c(C(F)(F)F)c1)CO. The molecule has 0 saturated carbocycles. The molecule has 0 saturated heterocycles. The number of halogens is 3. The molecule has 2 aromatic carbocycles. The molecule has 2 rings (SSSR count). The van der Waals surface area contributed by atoms with Gasteiger partial charge in [-0.3, -0.25) is 5.43 Å². The summed E-state index contributed by atoms with van der Waals surface area (Å²) in [5.74, 6) is -0.303. The molecule has 32 heavy (non-hydrogen) atoms. The van der Waals surface area contributed by atoms with E-state index in [9.17, 15) is 13.2 Å². The summed E-state index contributed by atoms with van der Waals surface area (Å²) in [5.41, 5.74) is 8.26. The topological polar surface area (TPSA) is 89.1 Å². The third-order valence-corrected chi connectivity index (χ3v) is 4.60. The average molecular weight is 470 g/mol. The van der Waals surface area contributed by atoms with Crippen molar-refractivity contribution in [3.8, 4) is 5.75 Å². The molecule has 174 valence electrons. The quantitative estimate of drug-likeness (QED) is 0.191. The Morgan fingerprint density at radius 3 is 2.59 bits per heavy atom. The van der Waals surface area contributed by atoms with E-state index in [0.29, 0.717) is 6.61 Å². The maximum Gasteiger partial charge on any atom is 0.419 e. The summed E-state index contributed by atoms with van der Waals surface area (Å²) in [6.45, 7) is 0.329. The van der Waals surface area contributed by atoms with Gasteiger partial charge in [-0.2, -0.15) is 18.3 Å². The summed E-state index contributed by atoms with van der Waals surface area (Å²) >= 11 is 5.06. The van der Waals surface area contributed by atoms with Gasteiger partial charge in [-0.15, -0.1) is 0 Å². The highest BCUT2D eigenvalue weighted by molar-refractivity contribution is 7.80. The van der Waals surface area contributed by atoms with Gasteiger partial charge in [0, 0.05) is 18.4 Å². The Bertz CT molecular complexity index is 880. The fraction of sp³-hybridized carbons (Fsp3) is 0.364. The summed E-state index contributed by atoms with van der Waals surface area (Å²) in [6.07, 6.45) is -1.75. The molecule has 4 N–H and O–H groups in total. The van der Waals surface area contributed by atoms with Gasteiger partial charge >= 0.3 is 6.18 Å². The van der Waals surface area contributed by atoms with Crippen molar-refractivity contribution in [3.63, 3.8) is 0 Å². The fourth-order valence-electron chi connectivity index (χ4n) is 2.66. The van der Waals surface area contributed by atoms with Crippen LogP contribution in [0.1, 0.15) is 23.1 Å². The van der Waals surface area contributed by atoms with Crippen molar-refractivity contribution in [1.82, 2.24) is 5.43 Å². The molecule has 0 heterocycles. The van der Waals surface area contributed by atoms with E-state index in [4.69, 9.17) is 32.5 Å². The van der Waals surface area contributed by atoms with Crippen molar-refractivity contribution in [3.05, 3.63) is 65.2 Å². The van der Waals surface area contributed by atoms with E-state index >= 15 is 0 Å². The molecular weight excluding hydrogens is 443 g/mol. The first kappa shape index (κ1) is 25.7. The number of aliphatic hydroxyl groups excluding tert-OH is 1. The molecule has 0 fully saturated rings. The molecule has 6 nitrogen and oxygen atoms in total. The molecule has 0 aromatic heterocycles. The van der Waals surface area contributed by atoms with E-state index in [2.05, 4.69) is 10.5 Å². The van der Waals surface area contributed by atoms with Gasteiger partial charge < -0.3 is 20.3 Å². The Hall–Kier alpha value is -2.53. The first-order valence-corrected chi connectivity index (χ1v) is 10.4. The normalized spacial score (nSPS) is 12.7. The van der Waals surface area contributed by atoms with Crippen molar-refractivity contribution in [2.24, 2.45) is 10.8 Å². The van der Waals surface area contributed by atoms with Crippen LogP contribution in [0.25, 0.3) is 0 Å². The number of hydrogen-bond acceptors (Lipinski definition) is 6. The van der Waals surface area contributed by atoms with Crippen LogP contribution in [-0.4, -0.2) is 48.8 Å². The van der Waals surface area contributed by atoms with Crippen LogP contribution in [0, 0.1) is 0 Å². The maximum atomic E-state index is 13.5. The summed E-state index contributed by atoms with van der Waals surface area (Å²) in [7, 11) is 0. The number of aryl methyl sites for hydroxylation is 1. The van der Waals surface area contributed by atoms with E-state index in [1.54, 1.807) is 0 Å².